The standard InChI is InChI=1S/C13H21N/c1-9(2)12(5)14-13-8-10(3)6-7-11(13)4/h6-9,12,14H,1-5H3/t12-/m1/s1. The third kappa shape index (κ3) is 2.76. The lowest BCUT2D eigenvalue weighted by Crippen LogP contribution is -2.21. The van der Waals surface area contributed by atoms with Crippen molar-refractivity contribution in [2.24, 2.45) is 5.92 Å². The molecule has 0 aliphatic heterocycles. The van der Waals surface area contributed by atoms with E-state index in [9.17, 15) is 0 Å². The predicted octanol–water partition coefficient (Wildman–Crippen LogP) is 3.76. The van der Waals surface area contributed by atoms with Gasteiger partial charge in [-0.3, -0.25) is 0 Å². The molecule has 0 unspecified atom stereocenters. The highest BCUT2D eigenvalue weighted by atomic mass is 14.9. The first-order valence-corrected chi connectivity index (χ1v) is 5.34. The van der Waals surface area contributed by atoms with Crippen molar-refractivity contribution in [3.8, 4) is 0 Å². The second-order valence-electron chi connectivity index (χ2n) is 4.50. The fourth-order valence-corrected chi connectivity index (χ4v) is 1.30. The van der Waals surface area contributed by atoms with Crippen LogP contribution in [0.2, 0.25) is 0 Å². The summed E-state index contributed by atoms with van der Waals surface area (Å²) in [5, 5.41) is 3.55. The van der Waals surface area contributed by atoms with Gasteiger partial charge in [-0.05, 0) is 43.9 Å². The number of benzene rings is 1. The largest absolute Gasteiger partial charge is 0.382 e. The van der Waals surface area contributed by atoms with Gasteiger partial charge in [0.25, 0.3) is 0 Å². The van der Waals surface area contributed by atoms with Crippen LogP contribution in [0.25, 0.3) is 0 Å². The number of rotatable bonds is 3. The van der Waals surface area contributed by atoms with Crippen LogP contribution < -0.4 is 5.32 Å². The molecule has 0 aliphatic carbocycles. The van der Waals surface area contributed by atoms with Gasteiger partial charge in [0, 0.05) is 11.7 Å². The van der Waals surface area contributed by atoms with E-state index in [1.807, 2.05) is 0 Å². The van der Waals surface area contributed by atoms with E-state index in [-0.39, 0.29) is 0 Å². The van der Waals surface area contributed by atoms with Gasteiger partial charge in [-0.2, -0.15) is 0 Å². The molecule has 0 spiro atoms. The third-order valence-corrected chi connectivity index (χ3v) is 2.78. The van der Waals surface area contributed by atoms with Crippen LogP contribution in [-0.4, -0.2) is 6.04 Å². The van der Waals surface area contributed by atoms with Crippen molar-refractivity contribution >= 4 is 5.69 Å². The van der Waals surface area contributed by atoms with Crippen molar-refractivity contribution in [1.82, 2.24) is 0 Å². The highest BCUT2D eigenvalue weighted by molar-refractivity contribution is 5.53. The number of hydrogen-bond acceptors (Lipinski definition) is 1. The zero-order valence-corrected chi connectivity index (χ0v) is 9.89. The van der Waals surface area contributed by atoms with Crippen LogP contribution in [0.1, 0.15) is 31.9 Å². The minimum atomic E-state index is 0.524. The summed E-state index contributed by atoms with van der Waals surface area (Å²) in [7, 11) is 0. The van der Waals surface area contributed by atoms with E-state index >= 15 is 0 Å². The summed E-state index contributed by atoms with van der Waals surface area (Å²) in [5.41, 5.74) is 3.91. The van der Waals surface area contributed by atoms with Crippen LogP contribution in [-0.2, 0) is 0 Å². The van der Waals surface area contributed by atoms with Gasteiger partial charge in [0.15, 0.2) is 0 Å². The van der Waals surface area contributed by atoms with Gasteiger partial charge in [-0.15, -0.1) is 0 Å². The smallest absolute Gasteiger partial charge is 0.0374 e. The molecule has 0 aromatic heterocycles. The molecule has 0 saturated heterocycles. The summed E-state index contributed by atoms with van der Waals surface area (Å²) in [6, 6.07) is 7.06. The van der Waals surface area contributed by atoms with Crippen LogP contribution in [0.4, 0.5) is 5.69 Å². The number of aryl methyl sites for hydroxylation is 2. The predicted molar refractivity (Wildman–Crippen MR) is 63.8 cm³/mol. The van der Waals surface area contributed by atoms with Gasteiger partial charge < -0.3 is 5.32 Å². The Kier molecular flexibility index (Phi) is 3.56. The average molecular weight is 191 g/mol. The molecule has 1 heteroatoms. The maximum atomic E-state index is 3.55. The van der Waals surface area contributed by atoms with Crippen LogP contribution in [0.5, 0.6) is 0 Å². The molecular formula is C13H21N. The summed E-state index contributed by atoms with van der Waals surface area (Å²) in [6.07, 6.45) is 0. The van der Waals surface area contributed by atoms with Crippen molar-refractivity contribution in [1.29, 1.82) is 0 Å². The monoisotopic (exact) mass is 191 g/mol. The molecule has 14 heavy (non-hydrogen) atoms. The Bertz CT molecular complexity index is 302. The molecule has 1 rings (SSSR count). The minimum absolute atomic E-state index is 0.524. The Morgan fingerprint density at radius 1 is 1.07 bits per heavy atom. The summed E-state index contributed by atoms with van der Waals surface area (Å²) in [4.78, 5) is 0. The summed E-state index contributed by atoms with van der Waals surface area (Å²) >= 11 is 0. The van der Waals surface area contributed by atoms with E-state index in [2.05, 4.69) is 58.1 Å². The topological polar surface area (TPSA) is 12.0 Å². The third-order valence-electron chi connectivity index (χ3n) is 2.78. The zero-order chi connectivity index (χ0) is 10.7. The van der Waals surface area contributed by atoms with E-state index in [4.69, 9.17) is 0 Å². The molecule has 1 atom stereocenters. The summed E-state index contributed by atoms with van der Waals surface area (Å²) < 4.78 is 0. The van der Waals surface area contributed by atoms with Gasteiger partial charge in [-0.25, -0.2) is 0 Å². The van der Waals surface area contributed by atoms with E-state index < -0.39 is 0 Å². The molecular weight excluding hydrogens is 170 g/mol. The SMILES string of the molecule is Cc1ccc(C)c(N[C@H](C)C(C)C)c1. The molecule has 1 nitrogen and oxygen atoms in total. The fourth-order valence-electron chi connectivity index (χ4n) is 1.30. The first kappa shape index (κ1) is 11.1. The lowest BCUT2D eigenvalue weighted by atomic mass is 10.0. The summed E-state index contributed by atoms with van der Waals surface area (Å²) in [6.45, 7) is 11.0. The number of nitrogens with one attached hydrogen (secondary N) is 1. The van der Waals surface area contributed by atoms with Gasteiger partial charge in [0.2, 0.25) is 0 Å². The Morgan fingerprint density at radius 2 is 1.71 bits per heavy atom. The van der Waals surface area contributed by atoms with Crippen molar-refractivity contribution in [3.63, 3.8) is 0 Å². The maximum Gasteiger partial charge on any atom is 0.0374 e. The Balaban J connectivity index is 2.80. The molecule has 0 heterocycles. The van der Waals surface area contributed by atoms with Gasteiger partial charge in [0.05, 0.1) is 0 Å². The Morgan fingerprint density at radius 3 is 2.29 bits per heavy atom. The quantitative estimate of drug-likeness (QED) is 0.767. The van der Waals surface area contributed by atoms with Gasteiger partial charge in [0.1, 0.15) is 0 Å². The molecule has 0 fully saturated rings. The molecule has 78 valence electrons. The number of anilines is 1. The molecule has 0 saturated carbocycles. The minimum Gasteiger partial charge on any atom is -0.382 e. The van der Waals surface area contributed by atoms with Crippen molar-refractivity contribution in [2.75, 3.05) is 5.32 Å². The average Bonchev–Trinajstić information content (AvgIpc) is 2.11. The molecule has 0 bridgehead atoms. The van der Waals surface area contributed by atoms with Crippen LogP contribution in [0.15, 0.2) is 18.2 Å². The molecule has 0 radical (unpaired) electrons. The number of hydrogen-bond donors (Lipinski definition) is 1. The van der Waals surface area contributed by atoms with E-state index in [1.54, 1.807) is 0 Å². The second-order valence-corrected chi connectivity index (χ2v) is 4.50. The fraction of sp³-hybridized carbons (Fsp3) is 0.538. The molecule has 1 aromatic carbocycles. The lowest BCUT2D eigenvalue weighted by molar-refractivity contribution is 0.559. The van der Waals surface area contributed by atoms with Crippen LogP contribution in [0, 0.1) is 19.8 Å². The first-order valence-electron chi connectivity index (χ1n) is 5.34. The van der Waals surface area contributed by atoms with E-state index in [1.165, 1.54) is 16.8 Å². The molecule has 1 aromatic rings. The maximum absolute atomic E-state index is 3.55. The summed E-state index contributed by atoms with van der Waals surface area (Å²) in [5.74, 6) is 0.662. The lowest BCUT2D eigenvalue weighted by Gasteiger charge is -2.20. The Hall–Kier alpha value is -0.980. The van der Waals surface area contributed by atoms with Gasteiger partial charge >= 0.3 is 0 Å². The van der Waals surface area contributed by atoms with Gasteiger partial charge in [-0.1, -0.05) is 26.0 Å². The van der Waals surface area contributed by atoms with Crippen LogP contribution >= 0.6 is 0 Å². The zero-order valence-electron chi connectivity index (χ0n) is 9.89. The van der Waals surface area contributed by atoms with Crippen molar-refractivity contribution in [3.05, 3.63) is 29.3 Å². The van der Waals surface area contributed by atoms with E-state index in [0.29, 0.717) is 12.0 Å². The molecule has 0 aliphatic rings. The van der Waals surface area contributed by atoms with Crippen molar-refractivity contribution in [2.45, 2.75) is 40.7 Å². The highest BCUT2D eigenvalue weighted by Gasteiger charge is 2.07. The van der Waals surface area contributed by atoms with Crippen LogP contribution in [0.3, 0.4) is 0 Å². The molecule has 0 amide bonds. The first-order chi connectivity index (χ1) is 6.50. The Labute approximate surface area is 87.5 Å². The second kappa shape index (κ2) is 4.50. The normalized spacial score (nSPS) is 13.0. The highest BCUT2D eigenvalue weighted by Crippen LogP contribution is 2.18. The van der Waals surface area contributed by atoms with E-state index in [0.717, 1.165) is 0 Å². The molecule has 1 N–H and O–H groups in total. The van der Waals surface area contributed by atoms with Crippen molar-refractivity contribution < 1.29 is 0 Å².